The molecule has 0 bridgehead atoms. The lowest BCUT2D eigenvalue weighted by Gasteiger charge is -2.35. The number of nitrogens with zero attached hydrogens (tertiary/aromatic N) is 4. The van der Waals surface area contributed by atoms with Crippen molar-refractivity contribution in [2.75, 3.05) is 52.3 Å². The first-order valence-corrected chi connectivity index (χ1v) is 10.5. The minimum Gasteiger partial charge on any atom is -0.376 e. The molecule has 0 radical (unpaired) electrons. The first kappa shape index (κ1) is 20.9. The molecule has 2 fully saturated rings. The average Bonchev–Trinajstić information content (AvgIpc) is 2.74. The van der Waals surface area contributed by atoms with Crippen LogP contribution in [0.4, 0.5) is 5.82 Å². The van der Waals surface area contributed by atoms with Crippen LogP contribution in [0.5, 0.6) is 0 Å². The second kappa shape index (κ2) is 10.6. The topological polar surface area (TPSA) is 62.2 Å². The molecule has 28 heavy (non-hydrogen) atoms. The van der Waals surface area contributed by atoms with Gasteiger partial charge in [0, 0.05) is 53.6 Å². The van der Waals surface area contributed by atoms with E-state index < -0.39 is 0 Å². The number of hydrogen-bond donors (Lipinski definition) is 1. The Labute approximate surface area is 169 Å². The number of aromatic nitrogens is 1. The van der Waals surface area contributed by atoms with E-state index in [0.717, 1.165) is 63.9 Å². The summed E-state index contributed by atoms with van der Waals surface area (Å²) < 4.78 is 11.9. The van der Waals surface area contributed by atoms with Gasteiger partial charge in [-0.3, -0.25) is 4.99 Å². The van der Waals surface area contributed by atoms with E-state index in [1.165, 1.54) is 18.4 Å². The quantitative estimate of drug-likeness (QED) is 0.595. The van der Waals surface area contributed by atoms with Crippen LogP contribution in [-0.2, 0) is 16.0 Å². The first-order chi connectivity index (χ1) is 13.7. The minimum atomic E-state index is 0.300. The van der Waals surface area contributed by atoms with E-state index in [0.29, 0.717) is 12.2 Å². The SMILES string of the molecule is CN=C(NCc1ccnc(N(C)C)c1)N1CCC(OCC2CCCCO2)CC1. The lowest BCUT2D eigenvalue weighted by atomic mass is 10.1. The summed E-state index contributed by atoms with van der Waals surface area (Å²) in [7, 11) is 5.86. The summed E-state index contributed by atoms with van der Waals surface area (Å²) in [5.74, 6) is 1.92. The van der Waals surface area contributed by atoms with Crippen LogP contribution in [0.3, 0.4) is 0 Å². The zero-order valence-corrected chi connectivity index (χ0v) is 17.6. The van der Waals surface area contributed by atoms with E-state index in [2.05, 4.69) is 26.3 Å². The lowest BCUT2D eigenvalue weighted by molar-refractivity contribution is -0.0721. The summed E-state index contributed by atoms with van der Waals surface area (Å²) >= 11 is 0. The summed E-state index contributed by atoms with van der Waals surface area (Å²) in [6.45, 7) is 4.31. The van der Waals surface area contributed by atoms with Crippen LogP contribution in [0.25, 0.3) is 0 Å². The predicted molar refractivity (Wildman–Crippen MR) is 113 cm³/mol. The largest absolute Gasteiger partial charge is 0.376 e. The van der Waals surface area contributed by atoms with E-state index in [1.54, 1.807) is 0 Å². The van der Waals surface area contributed by atoms with Gasteiger partial charge >= 0.3 is 0 Å². The lowest BCUT2D eigenvalue weighted by Crippen LogP contribution is -2.47. The van der Waals surface area contributed by atoms with E-state index in [4.69, 9.17) is 9.47 Å². The summed E-state index contributed by atoms with van der Waals surface area (Å²) in [6, 6.07) is 4.15. The van der Waals surface area contributed by atoms with E-state index in [1.807, 2.05) is 38.3 Å². The number of guanidine groups is 1. The Morgan fingerprint density at radius 1 is 1.32 bits per heavy atom. The number of rotatable bonds is 6. The van der Waals surface area contributed by atoms with Crippen LogP contribution < -0.4 is 10.2 Å². The maximum atomic E-state index is 6.13. The molecule has 7 nitrogen and oxygen atoms in total. The van der Waals surface area contributed by atoms with Crippen molar-refractivity contribution in [1.29, 1.82) is 0 Å². The molecule has 0 amide bonds. The predicted octanol–water partition coefficient (Wildman–Crippen LogP) is 2.27. The fraction of sp³-hybridized carbons (Fsp3) is 0.714. The number of aliphatic imine (C=N–C) groups is 1. The van der Waals surface area contributed by atoms with Gasteiger partial charge in [-0.1, -0.05) is 0 Å². The molecule has 2 aliphatic heterocycles. The van der Waals surface area contributed by atoms with Crippen molar-refractivity contribution >= 4 is 11.8 Å². The molecule has 1 N–H and O–H groups in total. The Morgan fingerprint density at radius 3 is 2.82 bits per heavy atom. The average molecular weight is 390 g/mol. The minimum absolute atomic E-state index is 0.300. The molecule has 2 saturated heterocycles. The third-order valence-electron chi connectivity index (χ3n) is 5.46. The van der Waals surface area contributed by atoms with Gasteiger partial charge in [0.2, 0.25) is 0 Å². The van der Waals surface area contributed by atoms with Gasteiger partial charge < -0.3 is 24.6 Å². The number of anilines is 1. The van der Waals surface area contributed by atoms with Crippen LogP contribution in [0, 0.1) is 0 Å². The van der Waals surface area contributed by atoms with Gasteiger partial charge in [-0.2, -0.15) is 0 Å². The summed E-state index contributed by atoms with van der Waals surface area (Å²) in [5.41, 5.74) is 1.20. The highest BCUT2D eigenvalue weighted by Gasteiger charge is 2.23. The number of hydrogen-bond acceptors (Lipinski definition) is 5. The smallest absolute Gasteiger partial charge is 0.193 e. The monoisotopic (exact) mass is 389 g/mol. The van der Waals surface area contributed by atoms with Crippen molar-refractivity contribution < 1.29 is 9.47 Å². The third-order valence-corrected chi connectivity index (χ3v) is 5.46. The normalized spacial score (nSPS) is 21.6. The highest BCUT2D eigenvalue weighted by atomic mass is 16.5. The molecule has 1 aromatic heterocycles. The second-order valence-corrected chi connectivity index (χ2v) is 7.83. The van der Waals surface area contributed by atoms with Crippen LogP contribution in [0.2, 0.25) is 0 Å². The summed E-state index contributed by atoms with van der Waals surface area (Å²) in [5, 5.41) is 3.49. The number of likely N-dealkylation sites (tertiary alicyclic amines) is 1. The standard InChI is InChI=1S/C21H35N5O2/c1-22-21(24-15-17-7-10-23-20(14-17)25(2)3)26-11-8-18(9-12-26)28-16-19-6-4-5-13-27-19/h7,10,14,18-19H,4-6,8-9,11-13,15-16H2,1-3H3,(H,22,24). The molecule has 1 unspecified atom stereocenters. The Morgan fingerprint density at radius 2 is 2.14 bits per heavy atom. The number of nitrogens with one attached hydrogen (secondary N) is 1. The Balaban J connectivity index is 1.41. The fourth-order valence-corrected chi connectivity index (χ4v) is 3.75. The van der Waals surface area contributed by atoms with Crippen molar-refractivity contribution in [3.63, 3.8) is 0 Å². The third kappa shape index (κ3) is 6.07. The van der Waals surface area contributed by atoms with E-state index in [-0.39, 0.29) is 0 Å². The molecule has 0 aliphatic carbocycles. The van der Waals surface area contributed by atoms with Gasteiger partial charge in [0.15, 0.2) is 5.96 Å². The number of piperidine rings is 1. The van der Waals surface area contributed by atoms with Gasteiger partial charge in [0.05, 0.1) is 18.8 Å². The molecule has 1 atom stereocenters. The van der Waals surface area contributed by atoms with Gasteiger partial charge in [-0.05, 0) is 49.8 Å². The summed E-state index contributed by atoms with van der Waals surface area (Å²) in [4.78, 5) is 13.2. The van der Waals surface area contributed by atoms with Crippen molar-refractivity contribution in [1.82, 2.24) is 15.2 Å². The van der Waals surface area contributed by atoms with E-state index >= 15 is 0 Å². The molecule has 7 heteroatoms. The zero-order chi connectivity index (χ0) is 19.8. The zero-order valence-electron chi connectivity index (χ0n) is 17.6. The molecular weight excluding hydrogens is 354 g/mol. The highest BCUT2D eigenvalue weighted by Crippen LogP contribution is 2.18. The van der Waals surface area contributed by atoms with Crippen molar-refractivity contribution in [3.8, 4) is 0 Å². The Kier molecular flexibility index (Phi) is 7.91. The van der Waals surface area contributed by atoms with Crippen molar-refractivity contribution in [2.45, 2.75) is 50.9 Å². The Bertz CT molecular complexity index is 623. The Hall–Kier alpha value is -1.86. The fourth-order valence-electron chi connectivity index (χ4n) is 3.75. The maximum absolute atomic E-state index is 6.13. The second-order valence-electron chi connectivity index (χ2n) is 7.83. The van der Waals surface area contributed by atoms with Gasteiger partial charge in [0.1, 0.15) is 5.82 Å². The van der Waals surface area contributed by atoms with Crippen LogP contribution in [0.15, 0.2) is 23.3 Å². The highest BCUT2D eigenvalue weighted by molar-refractivity contribution is 5.80. The molecule has 3 rings (SSSR count). The van der Waals surface area contributed by atoms with Crippen molar-refractivity contribution in [3.05, 3.63) is 23.9 Å². The van der Waals surface area contributed by atoms with E-state index in [9.17, 15) is 0 Å². The molecule has 0 spiro atoms. The van der Waals surface area contributed by atoms with Crippen LogP contribution in [0.1, 0.15) is 37.7 Å². The molecular formula is C21H35N5O2. The van der Waals surface area contributed by atoms with Crippen LogP contribution in [-0.4, -0.2) is 75.5 Å². The van der Waals surface area contributed by atoms with Gasteiger partial charge in [-0.25, -0.2) is 4.98 Å². The molecule has 3 heterocycles. The molecule has 1 aromatic rings. The van der Waals surface area contributed by atoms with Crippen molar-refractivity contribution in [2.24, 2.45) is 4.99 Å². The van der Waals surface area contributed by atoms with Gasteiger partial charge in [0.25, 0.3) is 0 Å². The van der Waals surface area contributed by atoms with Crippen LogP contribution >= 0.6 is 0 Å². The first-order valence-electron chi connectivity index (χ1n) is 10.5. The molecule has 156 valence electrons. The maximum Gasteiger partial charge on any atom is 0.193 e. The molecule has 0 aromatic carbocycles. The number of pyridine rings is 1. The number of ether oxygens (including phenoxy) is 2. The molecule has 2 aliphatic rings. The summed E-state index contributed by atoms with van der Waals surface area (Å²) in [6.07, 6.45) is 8.16. The molecule has 0 saturated carbocycles. The van der Waals surface area contributed by atoms with Gasteiger partial charge in [-0.15, -0.1) is 0 Å².